The average molecular weight is 357 g/mol. The number of aryl methyl sites for hydroxylation is 2. The summed E-state index contributed by atoms with van der Waals surface area (Å²) in [5.41, 5.74) is 3.60. The van der Waals surface area contributed by atoms with E-state index in [1.165, 1.54) is 0 Å². The number of hydrogen-bond donors (Lipinski definition) is 1. The summed E-state index contributed by atoms with van der Waals surface area (Å²) in [5, 5.41) is 8.88. The number of pyridine rings is 1. The Kier molecular flexibility index (Phi) is 5.04. The van der Waals surface area contributed by atoms with Gasteiger partial charge >= 0.3 is 0 Å². The number of nitrogens with one attached hydrogen (secondary N) is 1. The van der Waals surface area contributed by atoms with Gasteiger partial charge in [0.2, 0.25) is 5.91 Å². The summed E-state index contributed by atoms with van der Waals surface area (Å²) in [4.78, 5) is 16.6. The van der Waals surface area contributed by atoms with Crippen LogP contribution in [0.15, 0.2) is 36.7 Å². The summed E-state index contributed by atoms with van der Waals surface area (Å²) in [5.74, 6) is -0.0471. The molecule has 0 unspecified atom stereocenters. The van der Waals surface area contributed by atoms with E-state index >= 15 is 0 Å². The zero-order valence-electron chi connectivity index (χ0n) is 14.6. The first-order valence-corrected chi connectivity index (χ1v) is 8.70. The molecule has 1 N–H and O–H groups in total. The minimum absolute atomic E-state index is 0.0471. The van der Waals surface area contributed by atoms with E-state index in [0.29, 0.717) is 18.5 Å². The Morgan fingerprint density at radius 2 is 2.08 bits per heavy atom. The molecule has 130 valence electrons. The molecular formula is C19H21ClN4O. The molecule has 2 heterocycles. The van der Waals surface area contributed by atoms with E-state index in [1.54, 1.807) is 12.4 Å². The Morgan fingerprint density at radius 1 is 1.28 bits per heavy atom. The highest BCUT2D eigenvalue weighted by atomic mass is 35.5. The number of carbonyl (C=O) groups excluding carboxylic acids is 1. The lowest BCUT2D eigenvalue weighted by atomic mass is 10.1. The number of benzene rings is 1. The summed E-state index contributed by atoms with van der Waals surface area (Å²) in [6, 6.07) is 8.03. The highest BCUT2D eigenvalue weighted by Gasteiger charge is 2.09. The van der Waals surface area contributed by atoms with Crippen LogP contribution in [0.2, 0.25) is 5.02 Å². The fourth-order valence-corrected chi connectivity index (χ4v) is 2.86. The first-order valence-electron chi connectivity index (χ1n) is 8.32. The third-order valence-electron chi connectivity index (χ3n) is 4.08. The Hall–Kier alpha value is -2.40. The van der Waals surface area contributed by atoms with Crippen molar-refractivity contribution in [1.82, 2.24) is 14.8 Å². The molecule has 0 aliphatic heterocycles. The van der Waals surface area contributed by atoms with Crippen LogP contribution < -0.4 is 5.32 Å². The van der Waals surface area contributed by atoms with Crippen molar-refractivity contribution in [2.24, 2.45) is 0 Å². The van der Waals surface area contributed by atoms with Crippen molar-refractivity contribution < 1.29 is 4.79 Å². The predicted molar refractivity (Wildman–Crippen MR) is 101 cm³/mol. The topological polar surface area (TPSA) is 59.8 Å². The lowest BCUT2D eigenvalue weighted by Crippen LogP contribution is -2.12. The minimum atomic E-state index is -0.0471. The zero-order valence-corrected chi connectivity index (χ0v) is 15.3. The Bertz CT molecular complexity index is 917. The average Bonchev–Trinajstić information content (AvgIpc) is 2.99. The van der Waals surface area contributed by atoms with Crippen LogP contribution in [0, 0.1) is 6.92 Å². The van der Waals surface area contributed by atoms with E-state index in [-0.39, 0.29) is 11.9 Å². The number of halogens is 1. The molecule has 0 aliphatic carbocycles. The summed E-state index contributed by atoms with van der Waals surface area (Å²) in [6.07, 6.45) is 4.48. The molecule has 0 atom stereocenters. The second-order valence-electron chi connectivity index (χ2n) is 6.45. The zero-order chi connectivity index (χ0) is 18.0. The summed E-state index contributed by atoms with van der Waals surface area (Å²) < 4.78 is 1.86. The van der Waals surface area contributed by atoms with Gasteiger partial charge in [-0.3, -0.25) is 4.79 Å². The minimum Gasteiger partial charge on any atom is -0.325 e. The van der Waals surface area contributed by atoms with Gasteiger partial charge in [-0.1, -0.05) is 23.7 Å². The highest BCUT2D eigenvalue weighted by molar-refractivity contribution is 6.31. The van der Waals surface area contributed by atoms with Crippen molar-refractivity contribution >= 4 is 34.2 Å². The van der Waals surface area contributed by atoms with Crippen molar-refractivity contribution in [3.05, 3.63) is 52.8 Å². The SMILES string of the molecule is Cc1ccc(CCC(=O)Nc2cnc3c(cnn3C(C)C)c2)cc1Cl. The number of fused-ring (bicyclic) bond motifs is 1. The second kappa shape index (κ2) is 7.23. The van der Waals surface area contributed by atoms with Crippen LogP contribution in [0.5, 0.6) is 0 Å². The maximum Gasteiger partial charge on any atom is 0.224 e. The van der Waals surface area contributed by atoms with Gasteiger partial charge in [-0.2, -0.15) is 5.10 Å². The monoisotopic (exact) mass is 356 g/mol. The number of nitrogens with zero attached hydrogens (tertiary/aromatic N) is 3. The quantitative estimate of drug-likeness (QED) is 0.729. The smallest absolute Gasteiger partial charge is 0.224 e. The van der Waals surface area contributed by atoms with E-state index in [4.69, 9.17) is 11.6 Å². The third kappa shape index (κ3) is 3.99. The number of anilines is 1. The molecule has 1 amide bonds. The molecule has 0 fully saturated rings. The van der Waals surface area contributed by atoms with Gasteiger partial charge in [-0.05, 0) is 50.5 Å². The Balaban J connectivity index is 1.64. The Morgan fingerprint density at radius 3 is 2.80 bits per heavy atom. The van der Waals surface area contributed by atoms with Crippen LogP contribution in [-0.2, 0) is 11.2 Å². The number of hydrogen-bond acceptors (Lipinski definition) is 3. The number of aromatic nitrogens is 3. The van der Waals surface area contributed by atoms with Gasteiger partial charge in [0.1, 0.15) is 0 Å². The first kappa shape index (κ1) is 17.4. The van der Waals surface area contributed by atoms with E-state index in [9.17, 15) is 4.79 Å². The third-order valence-corrected chi connectivity index (χ3v) is 4.49. The normalized spacial score (nSPS) is 11.2. The predicted octanol–water partition coefficient (Wildman–Crippen LogP) is 4.55. The van der Waals surface area contributed by atoms with Crippen molar-refractivity contribution in [3.8, 4) is 0 Å². The lowest BCUT2D eigenvalue weighted by Gasteiger charge is -2.08. The van der Waals surface area contributed by atoms with Crippen LogP contribution >= 0.6 is 11.6 Å². The maximum atomic E-state index is 12.2. The van der Waals surface area contributed by atoms with E-state index < -0.39 is 0 Å². The van der Waals surface area contributed by atoms with Crippen LogP contribution in [0.1, 0.15) is 37.4 Å². The van der Waals surface area contributed by atoms with Crippen molar-refractivity contribution in [2.45, 2.75) is 39.7 Å². The first-order chi connectivity index (χ1) is 11.9. The highest BCUT2D eigenvalue weighted by Crippen LogP contribution is 2.20. The van der Waals surface area contributed by atoms with E-state index in [2.05, 4.69) is 29.2 Å². The van der Waals surface area contributed by atoms with E-state index in [0.717, 1.165) is 27.2 Å². The summed E-state index contributed by atoms with van der Waals surface area (Å²) in [6.45, 7) is 6.08. The summed E-state index contributed by atoms with van der Waals surface area (Å²) in [7, 11) is 0. The van der Waals surface area contributed by atoms with Crippen LogP contribution in [0.25, 0.3) is 11.0 Å². The van der Waals surface area contributed by atoms with Gasteiger partial charge in [-0.15, -0.1) is 0 Å². The maximum absolute atomic E-state index is 12.2. The molecule has 25 heavy (non-hydrogen) atoms. The molecule has 3 aromatic rings. The van der Waals surface area contributed by atoms with Crippen molar-refractivity contribution in [1.29, 1.82) is 0 Å². The van der Waals surface area contributed by atoms with Crippen LogP contribution in [0.4, 0.5) is 5.69 Å². The molecule has 0 bridgehead atoms. The second-order valence-corrected chi connectivity index (χ2v) is 6.86. The van der Waals surface area contributed by atoms with Crippen molar-refractivity contribution in [3.63, 3.8) is 0 Å². The van der Waals surface area contributed by atoms with Gasteiger partial charge in [-0.25, -0.2) is 9.67 Å². The molecule has 3 rings (SSSR count). The molecular weight excluding hydrogens is 336 g/mol. The summed E-state index contributed by atoms with van der Waals surface area (Å²) >= 11 is 6.12. The molecule has 0 radical (unpaired) electrons. The molecule has 1 aromatic carbocycles. The molecule has 0 saturated heterocycles. The molecule has 6 heteroatoms. The van der Waals surface area contributed by atoms with Crippen molar-refractivity contribution in [2.75, 3.05) is 5.32 Å². The van der Waals surface area contributed by atoms with Gasteiger partial charge in [0, 0.05) is 22.9 Å². The molecule has 0 aliphatic rings. The van der Waals surface area contributed by atoms with Gasteiger partial charge in [0.25, 0.3) is 0 Å². The molecule has 5 nitrogen and oxygen atoms in total. The van der Waals surface area contributed by atoms with Gasteiger partial charge in [0.05, 0.1) is 18.1 Å². The largest absolute Gasteiger partial charge is 0.325 e. The number of carbonyl (C=O) groups is 1. The number of amides is 1. The molecule has 0 saturated carbocycles. The van der Waals surface area contributed by atoms with E-state index in [1.807, 2.05) is 35.9 Å². The van der Waals surface area contributed by atoms with Gasteiger partial charge < -0.3 is 5.32 Å². The molecule has 2 aromatic heterocycles. The molecule has 0 spiro atoms. The fraction of sp³-hybridized carbons (Fsp3) is 0.316. The number of rotatable bonds is 5. The van der Waals surface area contributed by atoms with Crippen LogP contribution in [-0.4, -0.2) is 20.7 Å². The Labute approximate surface area is 152 Å². The standard InChI is InChI=1S/C19H21ClN4O/c1-12(2)24-19-15(10-22-24)9-16(11-21-19)23-18(25)7-6-14-5-4-13(3)17(20)8-14/h4-5,8-12H,6-7H2,1-3H3,(H,23,25). The van der Waals surface area contributed by atoms with Crippen LogP contribution in [0.3, 0.4) is 0 Å². The fourth-order valence-electron chi connectivity index (χ4n) is 2.66. The van der Waals surface area contributed by atoms with Gasteiger partial charge in [0.15, 0.2) is 5.65 Å². The lowest BCUT2D eigenvalue weighted by molar-refractivity contribution is -0.116.